The highest BCUT2D eigenvalue weighted by Crippen LogP contribution is 2.40. The van der Waals surface area contributed by atoms with Crippen LogP contribution in [0, 0.1) is 11.8 Å². The van der Waals surface area contributed by atoms with Gasteiger partial charge in [0.25, 0.3) is 0 Å². The number of ether oxygens (including phenoxy) is 2. The van der Waals surface area contributed by atoms with Gasteiger partial charge in [-0.15, -0.1) is 0 Å². The number of carbonyl (C=O) groups is 1. The van der Waals surface area contributed by atoms with Crippen molar-refractivity contribution in [2.75, 3.05) is 19.5 Å². The van der Waals surface area contributed by atoms with E-state index in [2.05, 4.69) is 16.9 Å². The van der Waals surface area contributed by atoms with E-state index in [0.717, 1.165) is 6.08 Å². The van der Waals surface area contributed by atoms with E-state index < -0.39 is 18.0 Å². The molecule has 0 spiro atoms. The zero-order valence-electron chi connectivity index (χ0n) is 15.3. The third-order valence-corrected chi connectivity index (χ3v) is 4.59. The summed E-state index contributed by atoms with van der Waals surface area (Å²) in [5.41, 5.74) is 0.944. The Morgan fingerprint density at radius 3 is 2.37 bits per heavy atom. The molecule has 1 aromatic rings. The largest absolute Gasteiger partial charge is 0.480 e. The van der Waals surface area contributed by atoms with Crippen LogP contribution in [0.1, 0.15) is 31.2 Å². The van der Waals surface area contributed by atoms with Crippen LogP contribution in [-0.4, -0.2) is 31.3 Å². The molecule has 0 aliphatic heterocycles. The van der Waals surface area contributed by atoms with E-state index in [1.807, 2.05) is 6.08 Å². The number of nitrogens with one attached hydrogen (secondary N) is 1. The van der Waals surface area contributed by atoms with Crippen molar-refractivity contribution in [2.24, 2.45) is 11.8 Å². The Balaban J connectivity index is 2.17. The number of methoxy groups -OCH3 is 2. The predicted octanol–water partition coefficient (Wildman–Crippen LogP) is 4.61. The molecule has 1 amide bonds. The van der Waals surface area contributed by atoms with E-state index in [-0.39, 0.29) is 24.6 Å². The number of aromatic nitrogens is 1. The Kier molecular flexibility index (Phi) is 6.87. The number of hydrogen-bond donors (Lipinski definition) is 1. The van der Waals surface area contributed by atoms with Crippen molar-refractivity contribution >= 4 is 17.7 Å². The molecule has 1 fully saturated rings. The number of anilines is 1. The molecular formula is C19H23F3N2O3. The summed E-state index contributed by atoms with van der Waals surface area (Å²) >= 11 is 0. The maximum atomic E-state index is 12.8. The number of hydrogen-bond acceptors (Lipinski definition) is 4. The first-order valence-corrected chi connectivity index (χ1v) is 8.59. The minimum absolute atomic E-state index is 0.0571. The number of halogens is 3. The summed E-state index contributed by atoms with van der Waals surface area (Å²) in [6.07, 6.45) is 1.87. The van der Waals surface area contributed by atoms with Crippen LogP contribution in [0.2, 0.25) is 0 Å². The molecule has 0 unspecified atom stereocenters. The fourth-order valence-corrected chi connectivity index (χ4v) is 3.09. The molecule has 1 aromatic heterocycles. The van der Waals surface area contributed by atoms with E-state index in [4.69, 9.17) is 9.47 Å². The Bertz CT molecular complexity index is 709. The van der Waals surface area contributed by atoms with Gasteiger partial charge in [-0.25, -0.2) is 0 Å². The number of allylic oxidation sites excluding steroid dienone is 1. The summed E-state index contributed by atoms with van der Waals surface area (Å²) in [4.78, 5) is 15.8. The quantitative estimate of drug-likeness (QED) is 0.728. The van der Waals surface area contributed by atoms with Gasteiger partial charge in [0.1, 0.15) is 5.69 Å². The van der Waals surface area contributed by atoms with Crippen LogP contribution in [0.5, 0.6) is 11.8 Å². The molecule has 1 saturated carbocycles. The van der Waals surface area contributed by atoms with Crippen LogP contribution in [0.25, 0.3) is 6.08 Å². The number of amides is 1. The number of pyridine rings is 1. The highest BCUT2D eigenvalue weighted by molar-refractivity contribution is 6.00. The smallest absolute Gasteiger partial charge is 0.391 e. The molecule has 27 heavy (non-hydrogen) atoms. The monoisotopic (exact) mass is 384 g/mol. The molecule has 0 radical (unpaired) electrons. The van der Waals surface area contributed by atoms with Crippen molar-refractivity contribution < 1.29 is 27.4 Å². The fraction of sp³-hybridized carbons (Fsp3) is 0.474. The van der Waals surface area contributed by atoms with Crippen LogP contribution in [0.4, 0.5) is 18.9 Å². The lowest BCUT2D eigenvalue weighted by atomic mass is 9.81. The van der Waals surface area contributed by atoms with Crippen LogP contribution in [-0.2, 0) is 4.79 Å². The van der Waals surface area contributed by atoms with Crippen molar-refractivity contribution in [3.63, 3.8) is 0 Å². The van der Waals surface area contributed by atoms with Gasteiger partial charge in [0.2, 0.25) is 17.7 Å². The highest BCUT2D eigenvalue weighted by Gasteiger charge is 2.40. The Hall–Kier alpha value is -2.51. The van der Waals surface area contributed by atoms with Gasteiger partial charge < -0.3 is 14.8 Å². The molecule has 1 N–H and O–H groups in total. The molecule has 0 saturated heterocycles. The lowest BCUT2D eigenvalue weighted by Crippen LogP contribution is -2.27. The number of rotatable bonds is 6. The first kappa shape index (κ1) is 20.8. The van der Waals surface area contributed by atoms with Gasteiger partial charge in [0.05, 0.1) is 20.1 Å². The molecule has 1 aliphatic carbocycles. The van der Waals surface area contributed by atoms with Gasteiger partial charge in [-0.2, -0.15) is 18.2 Å². The maximum absolute atomic E-state index is 12.8. The molecule has 0 bridgehead atoms. The van der Waals surface area contributed by atoms with Gasteiger partial charge >= 0.3 is 6.18 Å². The zero-order valence-corrected chi connectivity index (χ0v) is 15.3. The SMILES string of the molecule is C=CC(=O)Nc1cc(/C=C/C2CCC(C(F)(F)F)CC2)c(OC)nc1OC. The van der Waals surface area contributed by atoms with Gasteiger partial charge in [0.15, 0.2) is 0 Å². The minimum atomic E-state index is -4.12. The van der Waals surface area contributed by atoms with E-state index in [1.165, 1.54) is 14.2 Å². The van der Waals surface area contributed by atoms with E-state index in [0.29, 0.717) is 30.0 Å². The molecule has 2 rings (SSSR count). The average molecular weight is 384 g/mol. The highest BCUT2D eigenvalue weighted by atomic mass is 19.4. The van der Waals surface area contributed by atoms with Crippen LogP contribution < -0.4 is 14.8 Å². The second kappa shape index (κ2) is 8.92. The average Bonchev–Trinajstić information content (AvgIpc) is 2.65. The molecular weight excluding hydrogens is 361 g/mol. The third-order valence-electron chi connectivity index (χ3n) is 4.59. The molecule has 0 atom stereocenters. The normalized spacial score (nSPS) is 20.3. The number of alkyl halides is 3. The lowest BCUT2D eigenvalue weighted by Gasteiger charge is -2.28. The standard InChI is InChI=1S/C19H23F3N2O3/c1-4-16(25)23-15-11-13(17(26-2)24-18(15)27-3)8-5-12-6-9-14(10-7-12)19(20,21)22/h4-5,8,11-12,14H,1,6-7,9-10H2,2-3H3,(H,23,25)/b8-5+. The van der Waals surface area contributed by atoms with Crippen LogP contribution in [0.15, 0.2) is 24.8 Å². The van der Waals surface area contributed by atoms with Crippen molar-refractivity contribution in [2.45, 2.75) is 31.9 Å². The molecule has 5 nitrogen and oxygen atoms in total. The summed E-state index contributed by atoms with van der Waals surface area (Å²) in [6, 6.07) is 1.64. The first-order valence-electron chi connectivity index (χ1n) is 8.59. The summed E-state index contributed by atoms with van der Waals surface area (Å²) in [5, 5.41) is 2.60. The predicted molar refractivity (Wildman–Crippen MR) is 96.7 cm³/mol. The van der Waals surface area contributed by atoms with Gasteiger partial charge in [-0.3, -0.25) is 4.79 Å². The third kappa shape index (κ3) is 5.48. The second-order valence-corrected chi connectivity index (χ2v) is 6.35. The molecule has 8 heteroatoms. The van der Waals surface area contributed by atoms with Gasteiger partial charge in [0, 0.05) is 5.56 Å². The summed E-state index contributed by atoms with van der Waals surface area (Å²) < 4.78 is 48.7. The zero-order chi connectivity index (χ0) is 20.0. The van der Waals surface area contributed by atoms with Crippen molar-refractivity contribution in [1.82, 2.24) is 4.98 Å². The maximum Gasteiger partial charge on any atom is 0.391 e. The molecule has 1 heterocycles. The van der Waals surface area contributed by atoms with Crippen LogP contribution in [0.3, 0.4) is 0 Å². The van der Waals surface area contributed by atoms with Crippen molar-refractivity contribution in [3.8, 4) is 11.8 Å². The Morgan fingerprint density at radius 1 is 1.22 bits per heavy atom. The Labute approximate surface area is 156 Å². The van der Waals surface area contributed by atoms with E-state index >= 15 is 0 Å². The van der Waals surface area contributed by atoms with E-state index in [9.17, 15) is 18.0 Å². The number of nitrogens with zero attached hydrogens (tertiary/aromatic N) is 1. The fourth-order valence-electron chi connectivity index (χ4n) is 3.09. The summed E-state index contributed by atoms with van der Waals surface area (Å²) in [6.45, 7) is 3.40. The lowest BCUT2D eigenvalue weighted by molar-refractivity contribution is -0.183. The second-order valence-electron chi connectivity index (χ2n) is 6.35. The van der Waals surface area contributed by atoms with Gasteiger partial charge in [-0.05, 0) is 43.7 Å². The number of carbonyl (C=O) groups excluding carboxylic acids is 1. The molecule has 148 valence electrons. The van der Waals surface area contributed by atoms with Gasteiger partial charge in [-0.1, -0.05) is 18.7 Å². The first-order chi connectivity index (χ1) is 12.8. The molecule has 1 aliphatic rings. The van der Waals surface area contributed by atoms with Crippen molar-refractivity contribution in [3.05, 3.63) is 30.4 Å². The van der Waals surface area contributed by atoms with Crippen molar-refractivity contribution in [1.29, 1.82) is 0 Å². The molecule has 0 aromatic carbocycles. The Morgan fingerprint density at radius 2 is 1.85 bits per heavy atom. The minimum Gasteiger partial charge on any atom is -0.480 e. The van der Waals surface area contributed by atoms with Crippen LogP contribution >= 0.6 is 0 Å². The summed E-state index contributed by atoms with van der Waals surface area (Å²) in [7, 11) is 2.87. The van der Waals surface area contributed by atoms with E-state index in [1.54, 1.807) is 12.1 Å². The topological polar surface area (TPSA) is 60.5 Å². The summed E-state index contributed by atoms with van der Waals surface area (Å²) in [5.74, 6) is -1.09.